The SMILES string of the molecule is CC(OC(=O)c1cnc2ccccc2n1)C(=O)Nc1nc2ccccc2s1. The Morgan fingerprint density at radius 3 is 2.48 bits per heavy atom. The molecule has 2 aromatic carbocycles. The van der Waals surface area contributed by atoms with Crippen LogP contribution in [0.4, 0.5) is 5.13 Å². The molecular formula is C19H14N4O3S. The van der Waals surface area contributed by atoms with Gasteiger partial charge in [-0.2, -0.15) is 0 Å². The molecule has 1 amide bonds. The summed E-state index contributed by atoms with van der Waals surface area (Å²) in [6.07, 6.45) is 0.334. The van der Waals surface area contributed by atoms with E-state index in [0.717, 1.165) is 10.2 Å². The summed E-state index contributed by atoms with van der Waals surface area (Å²) < 4.78 is 6.18. The lowest BCUT2D eigenvalue weighted by Gasteiger charge is -2.12. The van der Waals surface area contributed by atoms with Gasteiger partial charge in [-0.25, -0.2) is 14.8 Å². The fourth-order valence-corrected chi connectivity index (χ4v) is 3.33. The maximum Gasteiger partial charge on any atom is 0.359 e. The molecular weight excluding hydrogens is 364 g/mol. The fourth-order valence-electron chi connectivity index (χ4n) is 2.46. The first kappa shape index (κ1) is 17.0. The van der Waals surface area contributed by atoms with Gasteiger partial charge in [-0.1, -0.05) is 35.6 Å². The minimum absolute atomic E-state index is 0.0494. The van der Waals surface area contributed by atoms with Crippen LogP contribution >= 0.6 is 11.3 Å². The van der Waals surface area contributed by atoms with Crippen molar-refractivity contribution in [3.05, 3.63) is 60.4 Å². The second-order valence-electron chi connectivity index (χ2n) is 5.77. The van der Waals surface area contributed by atoms with Crippen LogP contribution in [0.25, 0.3) is 21.3 Å². The average Bonchev–Trinajstić information content (AvgIpc) is 3.09. The molecule has 2 aromatic heterocycles. The quantitative estimate of drug-likeness (QED) is 0.547. The molecule has 8 heteroatoms. The van der Waals surface area contributed by atoms with Crippen LogP contribution in [0, 0.1) is 0 Å². The normalized spacial score (nSPS) is 12.0. The lowest BCUT2D eigenvalue weighted by Crippen LogP contribution is -2.30. The predicted molar refractivity (Wildman–Crippen MR) is 103 cm³/mol. The highest BCUT2D eigenvalue weighted by atomic mass is 32.1. The molecule has 1 atom stereocenters. The van der Waals surface area contributed by atoms with Gasteiger partial charge in [-0.3, -0.25) is 15.1 Å². The van der Waals surface area contributed by atoms with Crippen molar-refractivity contribution in [2.45, 2.75) is 13.0 Å². The number of thiazole rings is 1. The number of para-hydroxylation sites is 3. The fraction of sp³-hybridized carbons (Fsp3) is 0.105. The number of amides is 1. The molecule has 0 aliphatic heterocycles. The molecule has 0 aliphatic carbocycles. The molecule has 4 aromatic rings. The van der Waals surface area contributed by atoms with Crippen molar-refractivity contribution in [2.24, 2.45) is 0 Å². The maximum atomic E-state index is 12.3. The average molecular weight is 378 g/mol. The Balaban J connectivity index is 1.44. The monoisotopic (exact) mass is 378 g/mol. The van der Waals surface area contributed by atoms with Crippen molar-refractivity contribution in [3.8, 4) is 0 Å². The Morgan fingerprint density at radius 2 is 1.70 bits per heavy atom. The van der Waals surface area contributed by atoms with Crippen molar-refractivity contribution in [3.63, 3.8) is 0 Å². The third kappa shape index (κ3) is 3.61. The third-order valence-corrected chi connectivity index (χ3v) is 4.79. The number of nitrogens with zero attached hydrogens (tertiary/aromatic N) is 3. The maximum absolute atomic E-state index is 12.3. The van der Waals surface area contributed by atoms with Crippen LogP contribution in [-0.4, -0.2) is 32.9 Å². The number of hydrogen-bond donors (Lipinski definition) is 1. The van der Waals surface area contributed by atoms with Crippen LogP contribution in [0.1, 0.15) is 17.4 Å². The highest BCUT2D eigenvalue weighted by molar-refractivity contribution is 7.22. The zero-order valence-electron chi connectivity index (χ0n) is 14.2. The van der Waals surface area contributed by atoms with E-state index in [2.05, 4.69) is 20.3 Å². The first-order valence-electron chi connectivity index (χ1n) is 8.19. The minimum Gasteiger partial charge on any atom is -0.448 e. The Kier molecular flexibility index (Phi) is 4.47. The highest BCUT2D eigenvalue weighted by Crippen LogP contribution is 2.25. The van der Waals surface area contributed by atoms with Crippen molar-refractivity contribution in [2.75, 3.05) is 5.32 Å². The van der Waals surface area contributed by atoms with Crippen LogP contribution in [0.5, 0.6) is 0 Å². The van der Waals surface area contributed by atoms with E-state index in [1.54, 1.807) is 18.2 Å². The zero-order valence-corrected chi connectivity index (χ0v) is 15.1. The van der Waals surface area contributed by atoms with Gasteiger partial charge in [0.25, 0.3) is 5.91 Å². The molecule has 1 N–H and O–H groups in total. The van der Waals surface area contributed by atoms with E-state index in [1.807, 2.05) is 30.3 Å². The second kappa shape index (κ2) is 7.08. The number of benzene rings is 2. The van der Waals surface area contributed by atoms with E-state index in [-0.39, 0.29) is 5.69 Å². The number of esters is 1. The predicted octanol–water partition coefficient (Wildman–Crippen LogP) is 3.42. The summed E-state index contributed by atoms with van der Waals surface area (Å²) in [5.41, 5.74) is 2.11. The Hall–Kier alpha value is -3.39. The van der Waals surface area contributed by atoms with Gasteiger partial charge in [0.1, 0.15) is 0 Å². The molecule has 0 spiro atoms. The lowest BCUT2D eigenvalue weighted by molar-refractivity contribution is -0.123. The summed E-state index contributed by atoms with van der Waals surface area (Å²) in [7, 11) is 0. The molecule has 0 fully saturated rings. The van der Waals surface area contributed by atoms with Crippen LogP contribution in [0.2, 0.25) is 0 Å². The Labute approximate surface area is 158 Å². The van der Waals surface area contributed by atoms with E-state index < -0.39 is 18.0 Å². The van der Waals surface area contributed by atoms with Crippen LogP contribution < -0.4 is 5.32 Å². The van der Waals surface area contributed by atoms with Gasteiger partial charge < -0.3 is 4.74 Å². The van der Waals surface area contributed by atoms with Gasteiger partial charge in [-0.15, -0.1) is 0 Å². The molecule has 2 heterocycles. The Bertz CT molecular complexity index is 1120. The molecule has 0 saturated carbocycles. The first-order chi connectivity index (χ1) is 13.1. The first-order valence-corrected chi connectivity index (χ1v) is 9.01. The summed E-state index contributed by atoms with van der Waals surface area (Å²) in [6.45, 7) is 1.50. The van der Waals surface area contributed by atoms with Crippen LogP contribution in [0.15, 0.2) is 54.7 Å². The third-order valence-electron chi connectivity index (χ3n) is 3.83. The number of aromatic nitrogens is 3. The van der Waals surface area contributed by atoms with Gasteiger partial charge in [0.05, 0.1) is 27.4 Å². The summed E-state index contributed by atoms with van der Waals surface area (Å²) >= 11 is 1.35. The van der Waals surface area contributed by atoms with E-state index in [4.69, 9.17) is 4.74 Å². The van der Waals surface area contributed by atoms with E-state index >= 15 is 0 Å². The lowest BCUT2D eigenvalue weighted by atomic mass is 10.3. The van der Waals surface area contributed by atoms with Crippen molar-refractivity contribution in [1.82, 2.24) is 15.0 Å². The Morgan fingerprint density at radius 1 is 1.00 bits per heavy atom. The van der Waals surface area contributed by atoms with E-state index in [0.29, 0.717) is 16.2 Å². The number of carbonyl (C=O) groups excluding carboxylic acids is 2. The number of anilines is 1. The highest BCUT2D eigenvalue weighted by Gasteiger charge is 2.21. The smallest absolute Gasteiger partial charge is 0.359 e. The van der Waals surface area contributed by atoms with Crippen molar-refractivity contribution in [1.29, 1.82) is 0 Å². The summed E-state index contributed by atoms with van der Waals surface area (Å²) in [6, 6.07) is 14.8. The molecule has 4 rings (SSSR count). The molecule has 1 unspecified atom stereocenters. The molecule has 7 nitrogen and oxygen atoms in total. The number of rotatable bonds is 4. The molecule has 134 valence electrons. The van der Waals surface area contributed by atoms with Gasteiger partial charge >= 0.3 is 5.97 Å². The number of carbonyl (C=O) groups is 2. The molecule has 27 heavy (non-hydrogen) atoms. The van der Waals surface area contributed by atoms with Gasteiger partial charge in [0.2, 0.25) is 0 Å². The standard InChI is InChI=1S/C19H14N4O3S/c1-11(17(24)23-19-22-14-8-4-5-9-16(14)27-19)26-18(25)15-10-20-12-6-2-3-7-13(12)21-15/h2-11H,1H3,(H,22,23,24). The van der Waals surface area contributed by atoms with E-state index in [1.165, 1.54) is 24.5 Å². The zero-order chi connectivity index (χ0) is 18.8. The summed E-state index contributed by atoms with van der Waals surface area (Å²) in [5, 5.41) is 3.13. The minimum atomic E-state index is -1.00. The van der Waals surface area contributed by atoms with Crippen LogP contribution in [-0.2, 0) is 9.53 Å². The van der Waals surface area contributed by atoms with E-state index in [9.17, 15) is 9.59 Å². The van der Waals surface area contributed by atoms with Gasteiger partial charge in [-0.05, 0) is 31.2 Å². The van der Waals surface area contributed by atoms with Gasteiger partial charge in [0.15, 0.2) is 16.9 Å². The second-order valence-corrected chi connectivity index (χ2v) is 6.80. The molecule has 0 saturated heterocycles. The number of hydrogen-bond acceptors (Lipinski definition) is 7. The van der Waals surface area contributed by atoms with Crippen molar-refractivity contribution < 1.29 is 14.3 Å². The number of fused-ring (bicyclic) bond motifs is 2. The molecule has 0 radical (unpaired) electrons. The topological polar surface area (TPSA) is 94.1 Å². The number of ether oxygens (including phenoxy) is 1. The summed E-state index contributed by atoms with van der Waals surface area (Å²) in [5.74, 6) is -1.17. The number of nitrogens with one attached hydrogen (secondary N) is 1. The molecule has 0 bridgehead atoms. The van der Waals surface area contributed by atoms with Crippen molar-refractivity contribution >= 4 is 49.6 Å². The van der Waals surface area contributed by atoms with Crippen LogP contribution in [0.3, 0.4) is 0 Å². The molecule has 0 aliphatic rings. The summed E-state index contributed by atoms with van der Waals surface area (Å²) in [4.78, 5) is 37.3. The van der Waals surface area contributed by atoms with Gasteiger partial charge in [0, 0.05) is 0 Å². The largest absolute Gasteiger partial charge is 0.448 e.